The molecule has 0 atom stereocenters. The zero-order valence-corrected chi connectivity index (χ0v) is 9.30. The molecular formula is C12H14N4. The lowest BCUT2D eigenvalue weighted by molar-refractivity contribution is 0.570. The maximum absolute atomic E-state index is 4.24. The summed E-state index contributed by atoms with van der Waals surface area (Å²) in [6.45, 7) is 6.39. The van der Waals surface area contributed by atoms with Crippen LogP contribution in [0.25, 0.3) is 6.08 Å². The molecule has 16 heavy (non-hydrogen) atoms. The van der Waals surface area contributed by atoms with Crippen molar-refractivity contribution < 1.29 is 0 Å². The molecule has 1 heterocycles. The lowest BCUT2D eigenvalue weighted by Crippen LogP contribution is -2.04. The van der Waals surface area contributed by atoms with Gasteiger partial charge in [-0.05, 0) is 16.3 Å². The summed E-state index contributed by atoms with van der Waals surface area (Å²) in [5, 5.41) is 12.2. The Kier molecular flexibility index (Phi) is 3.10. The Morgan fingerprint density at radius 3 is 2.62 bits per heavy atom. The van der Waals surface area contributed by atoms with Crippen molar-refractivity contribution in [3.8, 4) is 0 Å². The maximum Gasteiger partial charge on any atom is 0.174 e. The summed E-state index contributed by atoms with van der Waals surface area (Å²) >= 11 is 0. The molecule has 0 spiro atoms. The third kappa shape index (κ3) is 2.34. The van der Waals surface area contributed by atoms with Crippen LogP contribution in [0.1, 0.15) is 23.9 Å². The Morgan fingerprint density at radius 1 is 1.31 bits per heavy atom. The molecule has 2 rings (SSSR count). The molecule has 0 amide bonds. The van der Waals surface area contributed by atoms with Crippen LogP contribution in [0.3, 0.4) is 0 Å². The van der Waals surface area contributed by atoms with Gasteiger partial charge in [-0.25, -0.2) is 0 Å². The number of aromatic nitrogens is 4. The summed E-state index contributed by atoms with van der Waals surface area (Å²) in [5.41, 5.74) is 2.27. The minimum Gasteiger partial charge on any atom is -0.160 e. The predicted octanol–water partition coefficient (Wildman–Crippen LogP) is 1.93. The Labute approximate surface area is 94.6 Å². The van der Waals surface area contributed by atoms with Crippen molar-refractivity contribution in [3.05, 3.63) is 47.8 Å². The van der Waals surface area contributed by atoms with Crippen molar-refractivity contribution in [2.45, 2.75) is 19.9 Å². The molecule has 0 unspecified atom stereocenters. The van der Waals surface area contributed by atoms with Gasteiger partial charge in [0.15, 0.2) is 5.82 Å². The van der Waals surface area contributed by atoms with Crippen LogP contribution >= 0.6 is 0 Å². The minimum atomic E-state index is 0.657. The van der Waals surface area contributed by atoms with Gasteiger partial charge in [0, 0.05) is 6.42 Å². The lowest BCUT2D eigenvalue weighted by Gasteiger charge is -2.00. The maximum atomic E-state index is 4.24. The van der Waals surface area contributed by atoms with Crippen LogP contribution in [0.5, 0.6) is 0 Å². The third-order valence-corrected chi connectivity index (χ3v) is 2.35. The summed E-state index contributed by atoms with van der Waals surface area (Å²) < 4.78 is 0. The van der Waals surface area contributed by atoms with E-state index in [4.69, 9.17) is 0 Å². The van der Waals surface area contributed by atoms with Crippen molar-refractivity contribution in [1.82, 2.24) is 20.2 Å². The molecule has 4 heteroatoms. The van der Waals surface area contributed by atoms with E-state index in [2.05, 4.69) is 22.0 Å². The highest BCUT2D eigenvalue weighted by Gasteiger charge is 2.00. The summed E-state index contributed by atoms with van der Waals surface area (Å²) in [7, 11) is 0. The first-order valence-electron chi connectivity index (χ1n) is 5.30. The molecule has 82 valence electrons. The van der Waals surface area contributed by atoms with E-state index in [1.807, 2.05) is 37.3 Å². The Balaban J connectivity index is 2.10. The van der Waals surface area contributed by atoms with Crippen molar-refractivity contribution >= 4 is 6.08 Å². The van der Waals surface area contributed by atoms with Crippen molar-refractivity contribution in [1.29, 1.82) is 0 Å². The average Bonchev–Trinajstić information content (AvgIpc) is 2.78. The van der Waals surface area contributed by atoms with Crippen LogP contribution in [-0.4, -0.2) is 20.2 Å². The van der Waals surface area contributed by atoms with E-state index >= 15 is 0 Å². The van der Waals surface area contributed by atoms with Gasteiger partial charge in [0.05, 0.1) is 6.54 Å². The standard InChI is InChI=1S/C12H14N4/c1-3-10-5-7-11(8-6-10)9-16-14-12(4-2)13-15-16/h3,5-8H,1,4,9H2,2H3. The fraction of sp³-hybridized carbons (Fsp3) is 0.250. The van der Waals surface area contributed by atoms with Gasteiger partial charge in [0.1, 0.15) is 0 Å². The topological polar surface area (TPSA) is 43.6 Å². The molecule has 0 aliphatic rings. The summed E-state index contributed by atoms with van der Waals surface area (Å²) in [5.74, 6) is 0.780. The quantitative estimate of drug-likeness (QED) is 0.781. The van der Waals surface area contributed by atoms with E-state index in [0.717, 1.165) is 23.4 Å². The first-order chi connectivity index (χ1) is 7.81. The van der Waals surface area contributed by atoms with Crippen LogP contribution in [0, 0.1) is 0 Å². The van der Waals surface area contributed by atoms with Gasteiger partial charge >= 0.3 is 0 Å². The van der Waals surface area contributed by atoms with Crippen LogP contribution in [0.2, 0.25) is 0 Å². The lowest BCUT2D eigenvalue weighted by atomic mass is 10.1. The zero-order chi connectivity index (χ0) is 11.4. The molecule has 0 bridgehead atoms. The van der Waals surface area contributed by atoms with Crippen LogP contribution in [-0.2, 0) is 13.0 Å². The Bertz CT molecular complexity index is 470. The van der Waals surface area contributed by atoms with Gasteiger partial charge in [-0.3, -0.25) is 0 Å². The van der Waals surface area contributed by atoms with E-state index < -0.39 is 0 Å². The predicted molar refractivity (Wildman–Crippen MR) is 62.8 cm³/mol. The molecule has 0 saturated heterocycles. The number of rotatable bonds is 4. The smallest absolute Gasteiger partial charge is 0.160 e. The van der Waals surface area contributed by atoms with Crippen LogP contribution in [0.15, 0.2) is 30.8 Å². The van der Waals surface area contributed by atoms with Crippen molar-refractivity contribution in [3.63, 3.8) is 0 Å². The van der Waals surface area contributed by atoms with Gasteiger partial charge in [0.2, 0.25) is 0 Å². The molecule has 2 aromatic rings. The van der Waals surface area contributed by atoms with Crippen LogP contribution < -0.4 is 0 Å². The van der Waals surface area contributed by atoms with Crippen molar-refractivity contribution in [2.24, 2.45) is 0 Å². The normalized spacial score (nSPS) is 10.3. The molecular weight excluding hydrogens is 200 g/mol. The van der Waals surface area contributed by atoms with E-state index in [1.165, 1.54) is 0 Å². The molecule has 0 aliphatic heterocycles. The van der Waals surface area contributed by atoms with E-state index in [0.29, 0.717) is 6.54 Å². The second-order valence-electron chi connectivity index (χ2n) is 3.54. The second-order valence-corrected chi connectivity index (χ2v) is 3.54. The van der Waals surface area contributed by atoms with Crippen molar-refractivity contribution in [2.75, 3.05) is 0 Å². The van der Waals surface area contributed by atoms with E-state index in [-0.39, 0.29) is 0 Å². The SMILES string of the molecule is C=Cc1ccc(Cn2nnc(CC)n2)cc1. The largest absolute Gasteiger partial charge is 0.174 e. The number of hydrogen-bond acceptors (Lipinski definition) is 3. The minimum absolute atomic E-state index is 0.657. The number of aryl methyl sites for hydroxylation is 1. The van der Waals surface area contributed by atoms with Gasteiger partial charge < -0.3 is 0 Å². The Hall–Kier alpha value is -1.97. The molecule has 4 nitrogen and oxygen atoms in total. The molecule has 0 radical (unpaired) electrons. The summed E-state index contributed by atoms with van der Waals surface area (Å²) in [6, 6.07) is 8.15. The highest BCUT2D eigenvalue weighted by molar-refractivity contribution is 5.47. The molecule has 0 N–H and O–H groups in total. The first-order valence-corrected chi connectivity index (χ1v) is 5.30. The van der Waals surface area contributed by atoms with Gasteiger partial charge in [-0.2, -0.15) is 4.80 Å². The fourth-order valence-corrected chi connectivity index (χ4v) is 1.41. The first kappa shape index (κ1) is 10.5. The molecule has 0 fully saturated rings. The molecule has 0 aliphatic carbocycles. The molecule has 0 saturated carbocycles. The highest BCUT2D eigenvalue weighted by atomic mass is 15.6. The number of nitrogens with zero attached hydrogens (tertiary/aromatic N) is 4. The Morgan fingerprint density at radius 2 is 2.06 bits per heavy atom. The highest BCUT2D eigenvalue weighted by Crippen LogP contribution is 2.06. The average molecular weight is 214 g/mol. The van der Waals surface area contributed by atoms with Gasteiger partial charge in [-0.15, -0.1) is 10.2 Å². The third-order valence-electron chi connectivity index (χ3n) is 2.35. The summed E-state index contributed by atoms with van der Waals surface area (Å²) in [6.07, 6.45) is 2.64. The molecule has 1 aromatic carbocycles. The number of hydrogen-bond donors (Lipinski definition) is 0. The van der Waals surface area contributed by atoms with Crippen LogP contribution in [0.4, 0.5) is 0 Å². The number of benzene rings is 1. The zero-order valence-electron chi connectivity index (χ0n) is 9.30. The summed E-state index contributed by atoms with van der Waals surface area (Å²) in [4.78, 5) is 1.61. The van der Waals surface area contributed by atoms with Gasteiger partial charge in [0.25, 0.3) is 0 Å². The molecule has 1 aromatic heterocycles. The fourth-order valence-electron chi connectivity index (χ4n) is 1.41. The second kappa shape index (κ2) is 4.70. The number of tetrazole rings is 1. The van der Waals surface area contributed by atoms with Gasteiger partial charge in [-0.1, -0.05) is 43.8 Å². The van der Waals surface area contributed by atoms with E-state index in [9.17, 15) is 0 Å². The van der Waals surface area contributed by atoms with E-state index in [1.54, 1.807) is 4.80 Å². The monoisotopic (exact) mass is 214 g/mol.